The summed E-state index contributed by atoms with van der Waals surface area (Å²) in [6.07, 6.45) is 13.5. The lowest BCUT2D eigenvalue weighted by molar-refractivity contribution is 0.0155. The molecule has 1 N–H and O–H groups in total. The Kier molecular flexibility index (Phi) is 19.3. The Labute approximate surface area is 241 Å². The van der Waals surface area contributed by atoms with Crippen molar-refractivity contribution in [3.05, 3.63) is 0 Å². The van der Waals surface area contributed by atoms with Gasteiger partial charge in [-0.3, -0.25) is 4.90 Å². The first-order valence-corrected chi connectivity index (χ1v) is 14.0. The van der Waals surface area contributed by atoms with Crippen molar-refractivity contribution in [2.45, 2.75) is 97.9 Å². The third-order valence-corrected chi connectivity index (χ3v) is 6.04. The zero-order valence-electron chi connectivity index (χ0n) is 24.2. The fourth-order valence-electron chi connectivity index (χ4n) is 3.75. The second-order valence-electron chi connectivity index (χ2n) is 11.2. The first-order valence-electron chi connectivity index (χ1n) is 12.9. The van der Waals surface area contributed by atoms with Gasteiger partial charge >= 0.3 is 12.2 Å². The predicted octanol–water partition coefficient (Wildman–Crippen LogP) is 5.21. The molecule has 2 fully saturated rings. The molecule has 0 unspecified atom stereocenters. The second-order valence-corrected chi connectivity index (χ2v) is 11.8. The lowest BCUT2D eigenvalue weighted by atomic mass is 10.0. The largest absolute Gasteiger partial charge is 0.444 e. The Morgan fingerprint density at radius 3 is 1.55 bits per heavy atom. The van der Waals surface area contributed by atoms with Crippen LogP contribution in [0.25, 0.3) is 0 Å². The Hall–Kier alpha value is -1.94. The Morgan fingerprint density at radius 2 is 1.24 bits per heavy atom. The first kappa shape index (κ1) is 38.2. The third-order valence-electron chi connectivity index (χ3n) is 5.72. The minimum Gasteiger partial charge on any atom is -0.444 e. The average molecular weight is 602 g/mol. The van der Waals surface area contributed by atoms with Crippen molar-refractivity contribution < 1.29 is 19.1 Å². The number of piperidine rings is 2. The van der Waals surface area contributed by atoms with Gasteiger partial charge in [-0.05, 0) is 80.3 Å². The van der Waals surface area contributed by atoms with Crippen molar-refractivity contribution in [1.29, 1.82) is 0 Å². The first-order chi connectivity index (χ1) is 17.1. The minimum absolute atomic E-state index is 0. The zero-order valence-corrected chi connectivity index (χ0v) is 25.8. The van der Waals surface area contributed by atoms with E-state index in [0.29, 0.717) is 17.9 Å². The van der Waals surface area contributed by atoms with Crippen molar-refractivity contribution in [1.82, 2.24) is 20.0 Å². The Bertz CT molecular complexity index is 751. The number of alkyl halides is 1. The highest BCUT2D eigenvalue weighted by atomic mass is 79.9. The summed E-state index contributed by atoms with van der Waals surface area (Å²) >= 11 is 3.01. The van der Waals surface area contributed by atoms with E-state index in [1.54, 1.807) is 9.80 Å². The van der Waals surface area contributed by atoms with E-state index in [4.69, 9.17) is 22.3 Å². The quantitative estimate of drug-likeness (QED) is 0.354. The lowest BCUT2D eigenvalue weighted by Gasteiger charge is -2.36. The molecule has 0 aromatic rings. The smallest absolute Gasteiger partial charge is 0.410 e. The number of carbonyl (C=O) groups is 2. The summed E-state index contributed by atoms with van der Waals surface area (Å²) in [7, 11) is 3.64. The molecule has 9 heteroatoms. The number of nitrogens with zero attached hydrogens (tertiary/aromatic N) is 3. The highest BCUT2D eigenvalue weighted by Crippen LogP contribution is 2.18. The standard InChI is InChI=1S/C14H24N2O2.C11H22N2O2.C3H3Br.CH4/c1-6-9-16-10-7-12(8-11-16)15(5)13(17)18-14(2,3)4;1-11(2,3)15-10(14)13(4)9-5-7-12-8-6-9;1-2-3-4;/h1,12H,7-11H2,2-5H3;9,12H,5-8H2,1-4H3;1H,3H2;1H4. The molecule has 8 nitrogen and oxygen atoms in total. The van der Waals surface area contributed by atoms with Gasteiger partial charge in [-0.2, -0.15) is 0 Å². The van der Waals surface area contributed by atoms with E-state index in [1.807, 2.05) is 55.6 Å². The summed E-state index contributed by atoms with van der Waals surface area (Å²) < 4.78 is 10.7. The molecule has 2 saturated heterocycles. The van der Waals surface area contributed by atoms with E-state index in [-0.39, 0.29) is 25.7 Å². The highest BCUT2D eigenvalue weighted by Gasteiger charge is 2.28. The molecule has 2 amide bonds. The number of likely N-dealkylation sites (tertiary alicyclic amines) is 1. The number of halogens is 1. The number of hydrogen-bond acceptors (Lipinski definition) is 6. The van der Waals surface area contributed by atoms with Gasteiger partial charge in [0.25, 0.3) is 0 Å². The average Bonchev–Trinajstić information content (AvgIpc) is 2.83. The number of rotatable bonds is 3. The van der Waals surface area contributed by atoms with Crippen LogP contribution >= 0.6 is 15.9 Å². The second kappa shape index (κ2) is 19.2. The normalized spacial score (nSPS) is 16.5. The van der Waals surface area contributed by atoms with Crippen molar-refractivity contribution >= 4 is 28.1 Å². The fraction of sp³-hybridized carbons (Fsp3) is 0.793. The SMILES string of the molecule is C.C#CCBr.C#CCN1CCC(N(C)C(=O)OC(C)(C)C)CC1.CN(C(=O)OC(C)(C)C)C1CCNCC1. The van der Waals surface area contributed by atoms with Gasteiger partial charge in [0.2, 0.25) is 0 Å². The van der Waals surface area contributed by atoms with Crippen molar-refractivity contribution in [2.75, 3.05) is 52.1 Å². The minimum atomic E-state index is -0.435. The van der Waals surface area contributed by atoms with Crippen LogP contribution in [0.2, 0.25) is 0 Å². The molecule has 2 rings (SSSR count). The maximum atomic E-state index is 11.9. The number of carbonyl (C=O) groups excluding carboxylic acids is 2. The van der Waals surface area contributed by atoms with Crippen molar-refractivity contribution in [3.8, 4) is 24.7 Å². The summed E-state index contributed by atoms with van der Waals surface area (Å²) in [4.78, 5) is 29.3. The van der Waals surface area contributed by atoms with E-state index < -0.39 is 11.2 Å². The molecule has 2 aliphatic heterocycles. The van der Waals surface area contributed by atoms with Gasteiger partial charge in [-0.1, -0.05) is 35.2 Å². The van der Waals surface area contributed by atoms with Gasteiger partial charge in [0.15, 0.2) is 0 Å². The molecule has 0 radical (unpaired) electrons. The van der Waals surface area contributed by atoms with Crippen molar-refractivity contribution in [2.24, 2.45) is 0 Å². The number of nitrogens with one attached hydrogen (secondary N) is 1. The summed E-state index contributed by atoms with van der Waals surface area (Å²) in [5, 5.41) is 3.94. The molecule has 0 bridgehead atoms. The highest BCUT2D eigenvalue weighted by molar-refractivity contribution is 9.09. The number of ether oxygens (including phenoxy) is 2. The van der Waals surface area contributed by atoms with E-state index in [0.717, 1.165) is 51.9 Å². The maximum Gasteiger partial charge on any atom is 0.410 e. The van der Waals surface area contributed by atoms with Crippen LogP contribution in [0.4, 0.5) is 9.59 Å². The van der Waals surface area contributed by atoms with Crippen LogP contribution < -0.4 is 5.32 Å². The zero-order chi connectivity index (χ0) is 28.6. The molecule has 0 aromatic heterocycles. The molecule has 0 aromatic carbocycles. The molecule has 38 heavy (non-hydrogen) atoms. The summed E-state index contributed by atoms with van der Waals surface area (Å²) in [5.41, 5.74) is -0.840. The van der Waals surface area contributed by atoms with Crippen LogP contribution in [-0.2, 0) is 9.47 Å². The van der Waals surface area contributed by atoms with Crippen LogP contribution in [0.5, 0.6) is 0 Å². The van der Waals surface area contributed by atoms with E-state index in [2.05, 4.69) is 38.0 Å². The van der Waals surface area contributed by atoms with Gasteiger partial charge in [0.1, 0.15) is 11.2 Å². The van der Waals surface area contributed by atoms with E-state index in [9.17, 15) is 9.59 Å². The summed E-state index contributed by atoms with van der Waals surface area (Å²) in [6, 6.07) is 0.579. The van der Waals surface area contributed by atoms with Crippen molar-refractivity contribution in [3.63, 3.8) is 0 Å². The van der Waals surface area contributed by atoms with Gasteiger partial charge in [-0.25, -0.2) is 9.59 Å². The number of amides is 2. The molecule has 2 aliphatic rings. The van der Waals surface area contributed by atoms with Gasteiger partial charge < -0.3 is 24.6 Å². The molecule has 220 valence electrons. The summed E-state index contributed by atoms with van der Waals surface area (Å²) in [6.45, 7) is 15.9. The summed E-state index contributed by atoms with van der Waals surface area (Å²) in [5.74, 6) is 5.00. The predicted molar refractivity (Wildman–Crippen MR) is 162 cm³/mol. The van der Waals surface area contributed by atoms with Crippen LogP contribution in [0.1, 0.15) is 74.7 Å². The molecule has 0 atom stereocenters. The van der Waals surface area contributed by atoms with Gasteiger partial charge in [0, 0.05) is 39.3 Å². The third kappa shape index (κ3) is 17.5. The molecular weight excluding hydrogens is 548 g/mol. The van der Waals surface area contributed by atoms with Crippen LogP contribution in [-0.4, -0.2) is 102 Å². The molecular formula is C29H53BrN4O4. The topological polar surface area (TPSA) is 74.4 Å². The maximum absolute atomic E-state index is 11.9. The molecule has 0 aliphatic carbocycles. The van der Waals surface area contributed by atoms with Gasteiger partial charge in [-0.15, -0.1) is 12.8 Å². The van der Waals surface area contributed by atoms with E-state index >= 15 is 0 Å². The monoisotopic (exact) mass is 600 g/mol. The van der Waals surface area contributed by atoms with E-state index in [1.165, 1.54) is 0 Å². The number of terminal acetylenes is 2. The molecule has 2 heterocycles. The molecule has 0 spiro atoms. The lowest BCUT2D eigenvalue weighted by Crippen LogP contribution is -2.47. The molecule has 0 saturated carbocycles. The van der Waals surface area contributed by atoms with Crippen LogP contribution in [0, 0.1) is 24.7 Å². The number of hydrogen-bond donors (Lipinski definition) is 1. The van der Waals surface area contributed by atoms with Crippen LogP contribution in [0.15, 0.2) is 0 Å². The van der Waals surface area contributed by atoms with Gasteiger partial charge in [0.05, 0.1) is 11.9 Å². The Morgan fingerprint density at radius 1 is 0.868 bits per heavy atom. The fourth-order valence-corrected chi connectivity index (χ4v) is 3.75. The Balaban J connectivity index is 0. The van der Waals surface area contributed by atoms with Crippen LogP contribution in [0.3, 0.4) is 0 Å².